The van der Waals surface area contributed by atoms with Crippen molar-refractivity contribution < 1.29 is 13.5 Å². The molecule has 0 unspecified atom stereocenters. The van der Waals surface area contributed by atoms with Crippen LogP contribution in [0.4, 0.5) is 5.69 Å². The highest BCUT2D eigenvalue weighted by atomic mass is 32.2. The van der Waals surface area contributed by atoms with Gasteiger partial charge in [0.15, 0.2) is 0 Å². The van der Waals surface area contributed by atoms with E-state index in [2.05, 4.69) is 6.07 Å². The monoisotopic (exact) mass is 342 g/mol. The number of para-hydroxylation sites is 1. The number of aryl methyl sites for hydroxylation is 1. The standard InChI is InChI=1S/C18H18N2O3S/c1-13-6-8-14(9-7-13)24(22,23)20-17-5-3-2-4-15(17)16(10-11-19)18(20)12-21/h2-9,16,18,21H,10,12H2,1H3/t16-,18+/m1/s1. The molecule has 1 aliphatic rings. The summed E-state index contributed by atoms with van der Waals surface area (Å²) in [6, 6.07) is 15.2. The lowest BCUT2D eigenvalue weighted by molar-refractivity contribution is 0.256. The molecule has 0 aliphatic carbocycles. The minimum absolute atomic E-state index is 0.155. The third-order valence-electron chi connectivity index (χ3n) is 4.42. The Morgan fingerprint density at radius 2 is 1.83 bits per heavy atom. The zero-order valence-electron chi connectivity index (χ0n) is 13.3. The van der Waals surface area contributed by atoms with Crippen LogP contribution in [0.15, 0.2) is 53.4 Å². The van der Waals surface area contributed by atoms with Gasteiger partial charge in [-0.3, -0.25) is 4.31 Å². The highest BCUT2D eigenvalue weighted by Gasteiger charge is 2.44. The van der Waals surface area contributed by atoms with Gasteiger partial charge in [0, 0.05) is 12.3 Å². The molecule has 2 atom stereocenters. The van der Waals surface area contributed by atoms with Gasteiger partial charge in [-0.25, -0.2) is 8.42 Å². The van der Waals surface area contributed by atoms with E-state index in [1.165, 1.54) is 4.31 Å². The zero-order valence-corrected chi connectivity index (χ0v) is 14.1. The number of hydrogen-bond acceptors (Lipinski definition) is 4. The summed E-state index contributed by atoms with van der Waals surface area (Å²) in [7, 11) is -3.82. The van der Waals surface area contributed by atoms with Crippen LogP contribution in [0.1, 0.15) is 23.5 Å². The van der Waals surface area contributed by atoms with Gasteiger partial charge >= 0.3 is 0 Å². The Hall–Kier alpha value is -2.36. The maximum Gasteiger partial charge on any atom is 0.264 e. The largest absolute Gasteiger partial charge is 0.394 e. The molecular weight excluding hydrogens is 324 g/mol. The average Bonchev–Trinajstić information content (AvgIpc) is 2.90. The first-order valence-corrected chi connectivity index (χ1v) is 9.12. The smallest absolute Gasteiger partial charge is 0.264 e. The summed E-state index contributed by atoms with van der Waals surface area (Å²) < 4.78 is 27.6. The van der Waals surface area contributed by atoms with Gasteiger partial charge in [0.1, 0.15) is 0 Å². The van der Waals surface area contributed by atoms with Crippen molar-refractivity contribution in [2.75, 3.05) is 10.9 Å². The number of aliphatic hydroxyl groups is 1. The van der Waals surface area contributed by atoms with E-state index >= 15 is 0 Å². The van der Waals surface area contributed by atoms with Crippen molar-refractivity contribution in [2.45, 2.75) is 30.2 Å². The molecule has 6 heteroatoms. The molecule has 0 amide bonds. The fourth-order valence-electron chi connectivity index (χ4n) is 3.23. The van der Waals surface area contributed by atoms with Crippen LogP contribution < -0.4 is 4.31 Å². The average molecular weight is 342 g/mol. The Kier molecular flexibility index (Phi) is 4.31. The van der Waals surface area contributed by atoms with Crippen LogP contribution >= 0.6 is 0 Å². The van der Waals surface area contributed by atoms with E-state index in [4.69, 9.17) is 5.26 Å². The molecule has 0 spiro atoms. The fourth-order valence-corrected chi connectivity index (χ4v) is 4.93. The normalized spacial score (nSPS) is 19.8. The molecule has 0 fully saturated rings. The molecule has 2 aromatic carbocycles. The highest BCUT2D eigenvalue weighted by Crippen LogP contribution is 2.45. The number of anilines is 1. The zero-order chi connectivity index (χ0) is 17.3. The van der Waals surface area contributed by atoms with E-state index in [1.807, 2.05) is 19.1 Å². The van der Waals surface area contributed by atoms with Gasteiger partial charge in [0.2, 0.25) is 0 Å². The Bertz CT molecular complexity index is 885. The quantitative estimate of drug-likeness (QED) is 0.926. The number of nitriles is 1. The molecule has 0 saturated carbocycles. The van der Waals surface area contributed by atoms with Crippen molar-refractivity contribution in [1.82, 2.24) is 0 Å². The summed E-state index contributed by atoms with van der Waals surface area (Å²) in [5.41, 5.74) is 2.29. The molecule has 0 aromatic heterocycles. The molecule has 1 heterocycles. The second kappa shape index (κ2) is 6.27. The van der Waals surface area contributed by atoms with E-state index in [9.17, 15) is 13.5 Å². The molecule has 0 saturated heterocycles. The van der Waals surface area contributed by atoms with Crippen LogP contribution in [0, 0.1) is 18.3 Å². The van der Waals surface area contributed by atoms with E-state index in [0.717, 1.165) is 11.1 Å². The van der Waals surface area contributed by atoms with Gasteiger partial charge in [-0.05, 0) is 30.7 Å². The summed E-state index contributed by atoms with van der Waals surface area (Å²) in [6.07, 6.45) is 0.155. The van der Waals surface area contributed by atoms with Gasteiger partial charge in [0.25, 0.3) is 10.0 Å². The molecule has 0 bridgehead atoms. The minimum atomic E-state index is -3.82. The maximum absolute atomic E-state index is 13.2. The Morgan fingerprint density at radius 1 is 1.17 bits per heavy atom. The van der Waals surface area contributed by atoms with E-state index in [-0.39, 0.29) is 23.8 Å². The van der Waals surface area contributed by atoms with Crippen LogP contribution in [0.25, 0.3) is 0 Å². The second-order valence-electron chi connectivity index (χ2n) is 5.89. The summed E-state index contributed by atoms with van der Waals surface area (Å²) in [5, 5.41) is 18.9. The van der Waals surface area contributed by atoms with Gasteiger partial charge in [-0.2, -0.15) is 5.26 Å². The van der Waals surface area contributed by atoms with Gasteiger partial charge in [-0.15, -0.1) is 0 Å². The van der Waals surface area contributed by atoms with Crippen molar-refractivity contribution in [3.8, 4) is 6.07 Å². The minimum Gasteiger partial charge on any atom is -0.394 e. The van der Waals surface area contributed by atoms with E-state index in [0.29, 0.717) is 5.69 Å². The Morgan fingerprint density at radius 3 is 2.46 bits per heavy atom. The Balaban J connectivity index is 2.15. The van der Waals surface area contributed by atoms with Crippen molar-refractivity contribution in [3.05, 3.63) is 59.7 Å². The first-order chi connectivity index (χ1) is 11.5. The van der Waals surface area contributed by atoms with Crippen LogP contribution in [0.3, 0.4) is 0 Å². The van der Waals surface area contributed by atoms with Crippen LogP contribution in [-0.2, 0) is 10.0 Å². The van der Waals surface area contributed by atoms with E-state index in [1.54, 1.807) is 36.4 Å². The van der Waals surface area contributed by atoms with Gasteiger partial charge < -0.3 is 5.11 Å². The third kappa shape index (κ3) is 2.56. The van der Waals surface area contributed by atoms with E-state index < -0.39 is 16.1 Å². The number of hydrogen-bond donors (Lipinski definition) is 1. The second-order valence-corrected chi connectivity index (χ2v) is 7.71. The number of aliphatic hydroxyl groups excluding tert-OH is 1. The molecule has 1 aliphatic heterocycles. The fraction of sp³-hybridized carbons (Fsp3) is 0.278. The molecule has 2 aromatic rings. The van der Waals surface area contributed by atoms with Crippen molar-refractivity contribution in [2.24, 2.45) is 0 Å². The lowest BCUT2D eigenvalue weighted by Crippen LogP contribution is -2.41. The number of sulfonamides is 1. The number of nitrogens with zero attached hydrogens (tertiary/aromatic N) is 2. The van der Waals surface area contributed by atoms with Crippen molar-refractivity contribution in [3.63, 3.8) is 0 Å². The lowest BCUT2D eigenvalue weighted by Gasteiger charge is -2.27. The number of benzene rings is 2. The highest BCUT2D eigenvalue weighted by molar-refractivity contribution is 7.92. The number of rotatable bonds is 4. The predicted octanol–water partition coefficient (Wildman–Crippen LogP) is 2.56. The summed E-state index contributed by atoms with van der Waals surface area (Å²) in [6.45, 7) is 1.55. The van der Waals surface area contributed by atoms with Gasteiger partial charge in [-0.1, -0.05) is 35.9 Å². The molecule has 5 nitrogen and oxygen atoms in total. The van der Waals surface area contributed by atoms with Crippen LogP contribution in [-0.4, -0.2) is 26.2 Å². The molecule has 24 heavy (non-hydrogen) atoms. The maximum atomic E-state index is 13.2. The predicted molar refractivity (Wildman–Crippen MR) is 91.1 cm³/mol. The van der Waals surface area contributed by atoms with Crippen molar-refractivity contribution >= 4 is 15.7 Å². The first-order valence-electron chi connectivity index (χ1n) is 7.68. The van der Waals surface area contributed by atoms with Crippen LogP contribution in [0.5, 0.6) is 0 Å². The summed E-state index contributed by atoms with van der Waals surface area (Å²) >= 11 is 0. The molecule has 1 N–H and O–H groups in total. The molecule has 3 rings (SSSR count). The topological polar surface area (TPSA) is 81.4 Å². The first kappa shape index (κ1) is 16.5. The molecular formula is C18H18N2O3S. The van der Waals surface area contributed by atoms with Gasteiger partial charge in [0.05, 0.1) is 29.3 Å². The SMILES string of the molecule is Cc1ccc(S(=O)(=O)N2c3ccccc3[C@@H](CC#N)[C@@H]2CO)cc1. The number of fused-ring (bicyclic) bond motifs is 1. The third-order valence-corrected chi connectivity index (χ3v) is 6.27. The molecule has 124 valence electrons. The summed E-state index contributed by atoms with van der Waals surface area (Å²) in [5.74, 6) is -0.337. The van der Waals surface area contributed by atoms with Crippen molar-refractivity contribution in [1.29, 1.82) is 5.26 Å². The summed E-state index contributed by atoms with van der Waals surface area (Å²) in [4.78, 5) is 0.180. The van der Waals surface area contributed by atoms with Crippen LogP contribution in [0.2, 0.25) is 0 Å². The Labute approximate surface area is 141 Å². The molecule has 0 radical (unpaired) electrons. The lowest BCUT2D eigenvalue weighted by atomic mass is 9.93.